The van der Waals surface area contributed by atoms with Crippen molar-refractivity contribution in [1.29, 1.82) is 0 Å². The highest BCUT2D eigenvalue weighted by molar-refractivity contribution is 6.30. The van der Waals surface area contributed by atoms with E-state index in [4.69, 9.17) is 11.6 Å². The number of benzene rings is 1. The van der Waals surface area contributed by atoms with E-state index >= 15 is 0 Å². The molecule has 1 rings (SSSR count). The fourth-order valence-electron chi connectivity index (χ4n) is 1.45. The summed E-state index contributed by atoms with van der Waals surface area (Å²) < 4.78 is 38.3. The quantitative estimate of drug-likeness (QED) is 0.894. The van der Waals surface area contributed by atoms with E-state index in [-0.39, 0.29) is 29.2 Å². The molecule has 0 radical (unpaired) electrons. The van der Waals surface area contributed by atoms with Crippen LogP contribution in [0.4, 0.5) is 18.9 Å². The molecule has 2 N–H and O–H groups in total. The van der Waals surface area contributed by atoms with Gasteiger partial charge in [0, 0.05) is 16.8 Å². The molecular weight excluding hydrogens is 281 g/mol. The molecule has 0 saturated heterocycles. The standard InChI is InChI=1S/C12H14ClF3N2O/c1-7(2)18-11(19)6-17-10-4-3-8(13)5-9(10)12(14,15)16/h3-5,7,17H,6H2,1-2H3,(H,18,19). The minimum absolute atomic E-state index is 0.00972. The molecule has 1 aromatic carbocycles. The lowest BCUT2D eigenvalue weighted by atomic mass is 10.1. The van der Waals surface area contributed by atoms with Gasteiger partial charge in [-0.25, -0.2) is 0 Å². The van der Waals surface area contributed by atoms with Crippen molar-refractivity contribution in [2.45, 2.75) is 26.1 Å². The molecule has 0 fully saturated rings. The van der Waals surface area contributed by atoms with Crippen LogP contribution in [0.2, 0.25) is 5.02 Å². The van der Waals surface area contributed by atoms with Crippen LogP contribution in [0, 0.1) is 0 Å². The third-order valence-corrected chi connectivity index (χ3v) is 2.41. The Morgan fingerprint density at radius 1 is 1.37 bits per heavy atom. The summed E-state index contributed by atoms with van der Waals surface area (Å²) in [4.78, 5) is 11.4. The topological polar surface area (TPSA) is 41.1 Å². The number of anilines is 1. The highest BCUT2D eigenvalue weighted by atomic mass is 35.5. The summed E-state index contributed by atoms with van der Waals surface area (Å²) in [5.41, 5.74) is -1.06. The molecule has 0 atom stereocenters. The number of rotatable bonds is 4. The van der Waals surface area contributed by atoms with Crippen LogP contribution in [0.5, 0.6) is 0 Å². The number of halogens is 4. The van der Waals surface area contributed by atoms with E-state index in [9.17, 15) is 18.0 Å². The largest absolute Gasteiger partial charge is 0.418 e. The van der Waals surface area contributed by atoms with E-state index in [1.165, 1.54) is 12.1 Å². The van der Waals surface area contributed by atoms with Crippen molar-refractivity contribution in [1.82, 2.24) is 5.32 Å². The number of nitrogens with one attached hydrogen (secondary N) is 2. The summed E-state index contributed by atoms with van der Waals surface area (Å²) in [5.74, 6) is -0.377. The van der Waals surface area contributed by atoms with E-state index in [1.807, 2.05) is 0 Å². The van der Waals surface area contributed by atoms with Crippen LogP contribution in [-0.2, 0) is 11.0 Å². The van der Waals surface area contributed by atoms with Gasteiger partial charge in [-0.05, 0) is 32.0 Å². The van der Waals surface area contributed by atoms with Crippen molar-refractivity contribution < 1.29 is 18.0 Å². The number of amides is 1. The zero-order chi connectivity index (χ0) is 14.6. The fraction of sp³-hybridized carbons (Fsp3) is 0.417. The smallest absolute Gasteiger partial charge is 0.376 e. The number of hydrogen-bond acceptors (Lipinski definition) is 2. The average molecular weight is 295 g/mol. The van der Waals surface area contributed by atoms with Crippen LogP contribution in [0.25, 0.3) is 0 Å². The van der Waals surface area contributed by atoms with Crippen LogP contribution in [0.3, 0.4) is 0 Å². The minimum atomic E-state index is -4.53. The summed E-state index contributed by atoms with van der Waals surface area (Å²) in [6.45, 7) is 3.30. The highest BCUT2D eigenvalue weighted by Gasteiger charge is 2.33. The van der Waals surface area contributed by atoms with E-state index in [1.54, 1.807) is 13.8 Å². The Balaban J connectivity index is 2.81. The maximum Gasteiger partial charge on any atom is 0.418 e. The first-order valence-electron chi connectivity index (χ1n) is 5.60. The zero-order valence-electron chi connectivity index (χ0n) is 10.4. The van der Waals surface area contributed by atoms with Gasteiger partial charge in [-0.15, -0.1) is 0 Å². The Morgan fingerprint density at radius 3 is 2.53 bits per heavy atom. The Hall–Kier alpha value is -1.43. The van der Waals surface area contributed by atoms with Gasteiger partial charge in [0.1, 0.15) is 0 Å². The molecule has 106 valence electrons. The average Bonchev–Trinajstić information content (AvgIpc) is 2.25. The molecule has 0 aliphatic heterocycles. The lowest BCUT2D eigenvalue weighted by Crippen LogP contribution is -2.35. The first-order valence-corrected chi connectivity index (χ1v) is 5.98. The highest BCUT2D eigenvalue weighted by Crippen LogP contribution is 2.36. The number of alkyl halides is 3. The normalized spacial score (nSPS) is 11.5. The first kappa shape index (κ1) is 15.6. The minimum Gasteiger partial charge on any atom is -0.376 e. The molecule has 0 aromatic heterocycles. The Morgan fingerprint density at radius 2 is 2.00 bits per heavy atom. The van der Waals surface area contributed by atoms with Gasteiger partial charge >= 0.3 is 6.18 Å². The molecule has 0 spiro atoms. The first-order chi connectivity index (χ1) is 8.70. The van der Waals surface area contributed by atoms with Gasteiger partial charge in [0.2, 0.25) is 5.91 Å². The molecule has 0 aliphatic rings. The van der Waals surface area contributed by atoms with Gasteiger partial charge in [0.05, 0.1) is 12.1 Å². The number of hydrogen-bond donors (Lipinski definition) is 2. The third kappa shape index (κ3) is 4.98. The van der Waals surface area contributed by atoms with Gasteiger partial charge in [0.15, 0.2) is 0 Å². The molecule has 0 saturated carbocycles. The summed E-state index contributed by atoms with van der Waals surface area (Å²) in [6.07, 6.45) is -4.53. The summed E-state index contributed by atoms with van der Waals surface area (Å²) in [6, 6.07) is 3.29. The van der Waals surface area contributed by atoms with Crippen LogP contribution >= 0.6 is 11.6 Å². The second-order valence-corrected chi connectivity index (χ2v) is 4.70. The Labute approximate surface area is 114 Å². The van der Waals surface area contributed by atoms with E-state index < -0.39 is 11.7 Å². The number of carbonyl (C=O) groups excluding carboxylic acids is 1. The van der Waals surface area contributed by atoms with E-state index in [0.717, 1.165) is 6.07 Å². The van der Waals surface area contributed by atoms with Crippen molar-refractivity contribution in [2.24, 2.45) is 0 Å². The molecule has 0 heterocycles. The molecule has 0 bridgehead atoms. The molecule has 0 unspecified atom stereocenters. The lowest BCUT2D eigenvalue weighted by Gasteiger charge is -2.15. The maximum atomic E-state index is 12.8. The zero-order valence-corrected chi connectivity index (χ0v) is 11.2. The van der Waals surface area contributed by atoms with Crippen LogP contribution in [-0.4, -0.2) is 18.5 Å². The van der Waals surface area contributed by atoms with Gasteiger partial charge in [-0.1, -0.05) is 11.6 Å². The molecule has 0 aliphatic carbocycles. The fourth-order valence-corrected chi connectivity index (χ4v) is 1.63. The molecule has 1 aromatic rings. The van der Waals surface area contributed by atoms with Gasteiger partial charge < -0.3 is 10.6 Å². The van der Waals surface area contributed by atoms with Crippen molar-refractivity contribution in [3.05, 3.63) is 28.8 Å². The molecular formula is C12H14ClF3N2O. The Kier molecular flexibility index (Phi) is 5.05. The van der Waals surface area contributed by atoms with Gasteiger partial charge in [0.25, 0.3) is 0 Å². The van der Waals surface area contributed by atoms with E-state index in [0.29, 0.717) is 0 Å². The van der Waals surface area contributed by atoms with E-state index in [2.05, 4.69) is 10.6 Å². The third-order valence-electron chi connectivity index (χ3n) is 2.18. The van der Waals surface area contributed by atoms with Crippen molar-refractivity contribution in [3.63, 3.8) is 0 Å². The van der Waals surface area contributed by atoms with Crippen LogP contribution < -0.4 is 10.6 Å². The molecule has 7 heteroatoms. The van der Waals surface area contributed by atoms with Crippen molar-refractivity contribution in [2.75, 3.05) is 11.9 Å². The number of carbonyl (C=O) groups is 1. The SMILES string of the molecule is CC(C)NC(=O)CNc1ccc(Cl)cc1C(F)(F)F. The summed E-state index contributed by atoms with van der Waals surface area (Å²) in [5, 5.41) is 5.03. The van der Waals surface area contributed by atoms with Gasteiger partial charge in [-0.2, -0.15) is 13.2 Å². The predicted octanol–water partition coefficient (Wildman–Crippen LogP) is 3.30. The van der Waals surface area contributed by atoms with Gasteiger partial charge in [-0.3, -0.25) is 4.79 Å². The summed E-state index contributed by atoms with van der Waals surface area (Å²) in [7, 11) is 0. The summed E-state index contributed by atoms with van der Waals surface area (Å²) >= 11 is 5.55. The Bertz CT molecular complexity index is 461. The van der Waals surface area contributed by atoms with Crippen molar-refractivity contribution in [3.8, 4) is 0 Å². The second-order valence-electron chi connectivity index (χ2n) is 4.26. The second kappa shape index (κ2) is 6.14. The maximum absolute atomic E-state index is 12.8. The molecule has 19 heavy (non-hydrogen) atoms. The predicted molar refractivity (Wildman–Crippen MR) is 68.2 cm³/mol. The van der Waals surface area contributed by atoms with Crippen LogP contribution in [0.1, 0.15) is 19.4 Å². The van der Waals surface area contributed by atoms with Crippen LogP contribution in [0.15, 0.2) is 18.2 Å². The molecule has 3 nitrogen and oxygen atoms in total. The monoisotopic (exact) mass is 294 g/mol. The molecule has 1 amide bonds. The van der Waals surface area contributed by atoms with Crippen molar-refractivity contribution >= 4 is 23.2 Å². The lowest BCUT2D eigenvalue weighted by molar-refractivity contribution is -0.137.